The van der Waals surface area contributed by atoms with E-state index in [1.165, 1.54) is 18.7 Å². The van der Waals surface area contributed by atoms with Gasteiger partial charge in [-0.05, 0) is 33.2 Å². The van der Waals surface area contributed by atoms with Crippen LogP contribution in [0.3, 0.4) is 0 Å². The summed E-state index contributed by atoms with van der Waals surface area (Å²) in [6, 6.07) is -0.944. The van der Waals surface area contributed by atoms with Gasteiger partial charge in [-0.15, -0.1) is 0 Å². The first-order chi connectivity index (χ1) is 7.45. The summed E-state index contributed by atoms with van der Waals surface area (Å²) in [6.45, 7) is 3.75. The van der Waals surface area contributed by atoms with Gasteiger partial charge < -0.3 is 15.3 Å². The molecule has 0 aromatic rings. The van der Waals surface area contributed by atoms with Crippen LogP contribution in [0, 0.1) is 0 Å². The van der Waals surface area contributed by atoms with Crippen LogP contribution in [0.4, 0.5) is 0 Å². The fourth-order valence-corrected chi connectivity index (χ4v) is 2.21. The molecule has 0 aliphatic carbocycles. The normalized spacial score (nSPS) is 23.9. The summed E-state index contributed by atoms with van der Waals surface area (Å²) in [5.74, 6) is -0.303. The molecule has 1 heterocycles. The highest BCUT2D eigenvalue weighted by atomic mass is 16.3. The van der Waals surface area contributed by atoms with Gasteiger partial charge in [0.2, 0.25) is 5.91 Å². The lowest BCUT2D eigenvalue weighted by atomic mass is 10.1. The lowest BCUT2D eigenvalue weighted by Crippen LogP contribution is -2.52. The lowest BCUT2D eigenvalue weighted by Gasteiger charge is -2.30. The SMILES string of the molecule is CC(=O)[C@H]([C@@H](C)O)N(C)C(=O)C1CCCN1. The molecule has 0 spiro atoms. The van der Waals surface area contributed by atoms with Gasteiger partial charge in [0.15, 0.2) is 5.78 Å². The highest BCUT2D eigenvalue weighted by Crippen LogP contribution is 2.12. The molecule has 3 atom stereocenters. The minimum absolute atomic E-state index is 0.112. The van der Waals surface area contributed by atoms with Gasteiger partial charge in [-0.1, -0.05) is 0 Å². The maximum absolute atomic E-state index is 12.0. The van der Waals surface area contributed by atoms with E-state index >= 15 is 0 Å². The largest absolute Gasteiger partial charge is 0.391 e. The van der Waals surface area contributed by atoms with Gasteiger partial charge in [0.25, 0.3) is 0 Å². The maximum atomic E-state index is 12.0. The van der Waals surface area contributed by atoms with Crippen LogP contribution in [0.2, 0.25) is 0 Å². The van der Waals surface area contributed by atoms with Crippen LogP contribution < -0.4 is 5.32 Å². The van der Waals surface area contributed by atoms with Crippen LogP contribution in [0.5, 0.6) is 0 Å². The van der Waals surface area contributed by atoms with Crippen molar-refractivity contribution in [2.24, 2.45) is 0 Å². The van der Waals surface area contributed by atoms with Crippen molar-refractivity contribution in [3.8, 4) is 0 Å². The van der Waals surface area contributed by atoms with Crippen molar-refractivity contribution in [3.63, 3.8) is 0 Å². The molecule has 1 saturated heterocycles. The van der Waals surface area contributed by atoms with Gasteiger partial charge in [-0.2, -0.15) is 0 Å². The third-order valence-electron chi connectivity index (χ3n) is 3.00. The molecule has 2 N–H and O–H groups in total. The number of aliphatic hydroxyl groups is 1. The molecule has 92 valence electrons. The Labute approximate surface area is 95.8 Å². The highest BCUT2D eigenvalue weighted by molar-refractivity contribution is 5.90. The molecule has 1 aliphatic heterocycles. The Kier molecular flexibility index (Phi) is 4.44. The van der Waals surface area contributed by atoms with E-state index in [1.54, 1.807) is 7.05 Å². The summed E-state index contributed by atoms with van der Waals surface area (Å²) in [7, 11) is 1.57. The number of ketones is 1. The van der Waals surface area contributed by atoms with Crippen molar-refractivity contribution >= 4 is 11.7 Å². The number of carbonyl (C=O) groups is 2. The molecule has 0 aromatic carbocycles. The summed E-state index contributed by atoms with van der Waals surface area (Å²) in [5, 5.41) is 12.6. The van der Waals surface area contributed by atoms with Crippen molar-refractivity contribution in [3.05, 3.63) is 0 Å². The summed E-state index contributed by atoms with van der Waals surface area (Å²) in [5.41, 5.74) is 0. The van der Waals surface area contributed by atoms with E-state index in [2.05, 4.69) is 5.32 Å². The smallest absolute Gasteiger partial charge is 0.240 e. The molecule has 0 bridgehead atoms. The quantitative estimate of drug-likeness (QED) is 0.683. The summed E-state index contributed by atoms with van der Waals surface area (Å²) < 4.78 is 0. The highest BCUT2D eigenvalue weighted by Gasteiger charge is 2.33. The molecular formula is C11H20N2O3. The number of rotatable bonds is 4. The summed E-state index contributed by atoms with van der Waals surface area (Å²) in [4.78, 5) is 24.7. The minimum atomic E-state index is -0.840. The second kappa shape index (κ2) is 5.41. The zero-order chi connectivity index (χ0) is 12.3. The first-order valence-corrected chi connectivity index (χ1v) is 5.63. The molecule has 16 heavy (non-hydrogen) atoms. The van der Waals surface area contributed by atoms with E-state index in [0.29, 0.717) is 0 Å². The molecule has 5 nitrogen and oxygen atoms in total. The number of nitrogens with one attached hydrogen (secondary N) is 1. The Morgan fingerprint density at radius 3 is 2.50 bits per heavy atom. The number of amides is 1. The van der Waals surface area contributed by atoms with E-state index in [-0.39, 0.29) is 17.7 Å². The van der Waals surface area contributed by atoms with E-state index in [1.807, 2.05) is 0 Å². The van der Waals surface area contributed by atoms with Crippen LogP contribution in [0.15, 0.2) is 0 Å². The van der Waals surface area contributed by atoms with Gasteiger partial charge in [0.05, 0.1) is 12.1 Å². The molecule has 1 fully saturated rings. The Morgan fingerprint density at radius 1 is 1.50 bits per heavy atom. The van der Waals surface area contributed by atoms with Crippen LogP contribution >= 0.6 is 0 Å². The number of aliphatic hydroxyl groups excluding tert-OH is 1. The fraction of sp³-hybridized carbons (Fsp3) is 0.818. The number of hydrogen-bond donors (Lipinski definition) is 2. The Hall–Kier alpha value is -0.940. The predicted octanol–water partition coefficient (Wildman–Crippen LogP) is -0.465. The lowest BCUT2D eigenvalue weighted by molar-refractivity contribution is -0.142. The van der Waals surface area contributed by atoms with Crippen LogP contribution in [0.25, 0.3) is 0 Å². The molecule has 0 saturated carbocycles. The number of likely N-dealkylation sites (N-methyl/N-ethyl adjacent to an activating group) is 1. The number of hydrogen-bond acceptors (Lipinski definition) is 4. The third kappa shape index (κ3) is 2.80. The molecule has 5 heteroatoms. The summed E-state index contributed by atoms with van der Waals surface area (Å²) >= 11 is 0. The third-order valence-corrected chi connectivity index (χ3v) is 3.00. The van der Waals surface area contributed by atoms with Crippen LogP contribution in [-0.2, 0) is 9.59 Å². The van der Waals surface area contributed by atoms with Gasteiger partial charge >= 0.3 is 0 Å². The topological polar surface area (TPSA) is 69.6 Å². The number of nitrogens with zero attached hydrogens (tertiary/aromatic N) is 1. The molecule has 1 amide bonds. The predicted molar refractivity (Wildman–Crippen MR) is 59.9 cm³/mol. The second-order valence-electron chi connectivity index (χ2n) is 4.39. The molecular weight excluding hydrogens is 208 g/mol. The van der Waals surface area contributed by atoms with Gasteiger partial charge in [-0.25, -0.2) is 0 Å². The van der Waals surface area contributed by atoms with E-state index < -0.39 is 12.1 Å². The Morgan fingerprint density at radius 2 is 2.12 bits per heavy atom. The van der Waals surface area contributed by atoms with Gasteiger partial charge in [-0.3, -0.25) is 9.59 Å². The van der Waals surface area contributed by atoms with Crippen LogP contribution in [-0.4, -0.2) is 53.5 Å². The standard InChI is InChI=1S/C11H20N2O3/c1-7(14)10(8(2)15)13(3)11(16)9-5-4-6-12-9/h7,9-10,12,14H,4-6H2,1-3H3/t7-,9?,10+/m1/s1. The van der Waals surface area contributed by atoms with Gasteiger partial charge in [0, 0.05) is 7.05 Å². The average Bonchev–Trinajstić information content (AvgIpc) is 2.67. The van der Waals surface area contributed by atoms with E-state index in [9.17, 15) is 14.7 Å². The van der Waals surface area contributed by atoms with Crippen molar-refractivity contribution in [1.29, 1.82) is 0 Å². The molecule has 1 rings (SSSR count). The average molecular weight is 228 g/mol. The number of Topliss-reactive ketones (excluding diaryl/α,β-unsaturated/α-hetero) is 1. The first kappa shape index (κ1) is 13.1. The Balaban J connectivity index is 2.69. The van der Waals surface area contributed by atoms with Gasteiger partial charge in [0.1, 0.15) is 6.04 Å². The van der Waals surface area contributed by atoms with Crippen molar-refractivity contribution in [2.45, 2.75) is 44.9 Å². The monoisotopic (exact) mass is 228 g/mol. The Bertz CT molecular complexity index is 272. The molecule has 0 aromatic heterocycles. The minimum Gasteiger partial charge on any atom is -0.391 e. The second-order valence-corrected chi connectivity index (χ2v) is 4.39. The maximum Gasteiger partial charge on any atom is 0.240 e. The van der Waals surface area contributed by atoms with E-state index in [0.717, 1.165) is 19.4 Å². The molecule has 1 aliphatic rings. The van der Waals surface area contributed by atoms with Crippen molar-refractivity contribution in [1.82, 2.24) is 10.2 Å². The zero-order valence-electron chi connectivity index (χ0n) is 10.1. The molecule has 0 radical (unpaired) electrons. The fourth-order valence-electron chi connectivity index (χ4n) is 2.21. The molecule has 1 unspecified atom stereocenters. The van der Waals surface area contributed by atoms with Crippen molar-refractivity contribution in [2.75, 3.05) is 13.6 Å². The summed E-state index contributed by atoms with van der Waals surface area (Å²) in [6.07, 6.45) is 0.935. The number of carbonyl (C=O) groups excluding carboxylic acids is 2. The first-order valence-electron chi connectivity index (χ1n) is 5.63. The van der Waals surface area contributed by atoms with Crippen LogP contribution in [0.1, 0.15) is 26.7 Å². The van der Waals surface area contributed by atoms with E-state index in [4.69, 9.17) is 0 Å². The van der Waals surface area contributed by atoms with Crippen molar-refractivity contribution < 1.29 is 14.7 Å². The zero-order valence-corrected chi connectivity index (χ0v) is 10.1.